The van der Waals surface area contributed by atoms with Crippen LogP contribution in [0, 0.1) is 11.8 Å². The van der Waals surface area contributed by atoms with Crippen molar-refractivity contribution in [3.8, 4) is 0 Å². The summed E-state index contributed by atoms with van der Waals surface area (Å²) in [7, 11) is 0. The Hall–Kier alpha value is -2.94. The molecule has 1 aromatic carbocycles. The van der Waals surface area contributed by atoms with E-state index >= 15 is 0 Å². The van der Waals surface area contributed by atoms with Gasteiger partial charge in [0.15, 0.2) is 0 Å². The normalized spacial score (nSPS) is 11.8. The number of hydrogen-bond donors (Lipinski definition) is 4. The van der Waals surface area contributed by atoms with Crippen molar-refractivity contribution in [2.45, 2.75) is 47.3 Å². The zero-order chi connectivity index (χ0) is 22.8. The molecule has 0 aromatic heterocycles. The highest BCUT2D eigenvalue weighted by molar-refractivity contribution is 5.98. The fourth-order valence-electron chi connectivity index (χ4n) is 2.66. The fourth-order valence-corrected chi connectivity index (χ4v) is 2.66. The first-order valence-corrected chi connectivity index (χ1v) is 9.97. The summed E-state index contributed by atoms with van der Waals surface area (Å²) in [6, 6.07) is 4.15. The Morgan fingerprint density at radius 1 is 1.10 bits per heavy atom. The van der Waals surface area contributed by atoms with Gasteiger partial charge in [-0.2, -0.15) is 0 Å². The number of ether oxygens (including phenoxy) is 1. The summed E-state index contributed by atoms with van der Waals surface area (Å²) in [4.78, 5) is 47.8. The summed E-state index contributed by atoms with van der Waals surface area (Å²) in [5.41, 5.74) is 6.33. The molecule has 1 unspecified atom stereocenters. The van der Waals surface area contributed by atoms with Crippen molar-refractivity contribution in [3.63, 3.8) is 0 Å². The van der Waals surface area contributed by atoms with Gasteiger partial charge in [0.05, 0.1) is 18.5 Å². The van der Waals surface area contributed by atoms with E-state index in [1.807, 2.05) is 20.8 Å². The number of likely N-dealkylation sites (N-methyl/N-ethyl adjacent to an activating group) is 1. The fraction of sp³-hybridized carbons (Fsp3) is 0.524. The Balaban J connectivity index is 2.75. The number of carbonyl (C=O) groups excluding carboxylic acids is 4. The SMILES string of the molecule is CCNC(C(=O)NCC(=O)Nc1ccc(COC(=O)C(C)C)c(C(N)=O)c1)C(C)C. The minimum Gasteiger partial charge on any atom is -0.461 e. The molecule has 0 fully saturated rings. The predicted octanol–water partition coefficient (Wildman–Crippen LogP) is 1.17. The highest BCUT2D eigenvalue weighted by atomic mass is 16.5. The molecule has 0 saturated carbocycles. The van der Waals surface area contributed by atoms with Gasteiger partial charge in [-0.1, -0.05) is 40.7 Å². The summed E-state index contributed by atoms with van der Waals surface area (Å²) in [5, 5.41) is 8.29. The molecule has 0 bridgehead atoms. The third-order valence-corrected chi connectivity index (χ3v) is 4.30. The van der Waals surface area contributed by atoms with Crippen LogP contribution in [0.25, 0.3) is 0 Å². The van der Waals surface area contributed by atoms with E-state index in [4.69, 9.17) is 10.5 Å². The van der Waals surface area contributed by atoms with Crippen molar-refractivity contribution in [2.75, 3.05) is 18.4 Å². The van der Waals surface area contributed by atoms with Crippen LogP contribution in [0.4, 0.5) is 5.69 Å². The van der Waals surface area contributed by atoms with Crippen molar-refractivity contribution >= 4 is 29.4 Å². The van der Waals surface area contributed by atoms with Crippen LogP contribution in [0.5, 0.6) is 0 Å². The van der Waals surface area contributed by atoms with Gasteiger partial charge in [0.1, 0.15) is 6.61 Å². The van der Waals surface area contributed by atoms with Crippen LogP contribution in [0.3, 0.4) is 0 Å². The number of primary amides is 1. The van der Waals surface area contributed by atoms with Crippen molar-refractivity contribution in [2.24, 2.45) is 17.6 Å². The lowest BCUT2D eigenvalue weighted by molar-refractivity contribution is -0.148. The maximum absolute atomic E-state index is 12.2. The molecular formula is C21H32N4O5. The summed E-state index contributed by atoms with van der Waals surface area (Å²) >= 11 is 0. The number of amides is 3. The average molecular weight is 421 g/mol. The summed E-state index contributed by atoms with van der Waals surface area (Å²) in [5.74, 6) is -2.03. The second-order valence-electron chi connectivity index (χ2n) is 7.54. The van der Waals surface area contributed by atoms with Crippen molar-refractivity contribution in [3.05, 3.63) is 29.3 Å². The van der Waals surface area contributed by atoms with E-state index in [0.29, 0.717) is 17.8 Å². The van der Waals surface area contributed by atoms with Crippen molar-refractivity contribution < 1.29 is 23.9 Å². The maximum Gasteiger partial charge on any atom is 0.308 e. The number of rotatable bonds is 11. The Morgan fingerprint density at radius 3 is 2.30 bits per heavy atom. The van der Waals surface area contributed by atoms with Gasteiger partial charge in [0.2, 0.25) is 17.7 Å². The number of anilines is 1. The van der Waals surface area contributed by atoms with Gasteiger partial charge in [-0.3, -0.25) is 19.2 Å². The molecule has 9 nitrogen and oxygen atoms in total. The second-order valence-corrected chi connectivity index (χ2v) is 7.54. The lowest BCUT2D eigenvalue weighted by Crippen LogP contribution is -2.49. The second kappa shape index (κ2) is 11.9. The summed E-state index contributed by atoms with van der Waals surface area (Å²) in [6.07, 6.45) is 0. The van der Waals surface area contributed by atoms with Gasteiger partial charge < -0.3 is 26.4 Å². The molecule has 30 heavy (non-hydrogen) atoms. The van der Waals surface area contributed by atoms with Gasteiger partial charge in [0, 0.05) is 16.8 Å². The van der Waals surface area contributed by atoms with E-state index in [1.54, 1.807) is 26.0 Å². The van der Waals surface area contributed by atoms with Gasteiger partial charge >= 0.3 is 5.97 Å². The van der Waals surface area contributed by atoms with E-state index in [1.165, 1.54) is 6.07 Å². The maximum atomic E-state index is 12.2. The first kappa shape index (κ1) is 25.1. The van der Waals surface area contributed by atoms with Crippen molar-refractivity contribution in [1.82, 2.24) is 10.6 Å². The third kappa shape index (κ3) is 7.82. The van der Waals surface area contributed by atoms with Gasteiger partial charge in [-0.05, 0) is 24.6 Å². The number of nitrogens with two attached hydrogens (primary N) is 1. The highest BCUT2D eigenvalue weighted by Gasteiger charge is 2.21. The van der Waals surface area contributed by atoms with Crippen LogP contribution in [0.1, 0.15) is 50.5 Å². The first-order valence-electron chi connectivity index (χ1n) is 9.97. The Morgan fingerprint density at radius 2 is 1.77 bits per heavy atom. The van der Waals surface area contributed by atoms with Gasteiger partial charge in [-0.15, -0.1) is 0 Å². The van der Waals surface area contributed by atoms with Crippen LogP contribution < -0.4 is 21.7 Å². The molecule has 0 aliphatic heterocycles. The summed E-state index contributed by atoms with van der Waals surface area (Å²) < 4.78 is 5.14. The van der Waals surface area contributed by atoms with Crippen molar-refractivity contribution in [1.29, 1.82) is 0 Å². The molecule has 0 aliphatic carbocycles. The number of hydrogen-bond acceptors (Lipinski definition) is 6. The molecule has 5 N–H and O–H groups in total. The lowest BCUT2D eigenvalue weighted by Gasteiger charge is -2.20. The largest absolute Gasteiger partial charge is 0.461 e. The Kier molecular flexibility index (Phi) is 9.97. The van der Waals surface area contributed by atoms with Crippen LogP contribution in [-0.4, -0.2) is 42.8 Å². The van der Waals surface area contributed by atoms with Crippen LogP contribution in [0.2, 0.25) is 0 Å². The van der Waals surface area contributed by atoms with Crippen LogP contribution in [-0.2, 0) is 25.7 Å². The van der Waals surface area contributed by atoms with Crippen LogP contribution in [0.15, 0.2) is 18.2 Å². The van der Waals surface area contributed by atoms with E-state index in [2.05, 4.69) is 16.0 Å². The number of benzene rings is 1. The molecule has 166 valence electrons. The number of esters is 1. The highest BCUT2D eigenvalue weighted by Crippen LogP contribution is 2.17. The molecule has 1 rings (SSSR count). The molecule has 1 aromatic rings. The molecule has 0 spiro atoms. The number of nitrogens with one attached hydrogen (secondary N) is 3. The first-order chi connectivity index (χ1) is 14.1. The molecule has 1 atom stereocenters. The smallest absolute Gasteiger partial charge is 0.308 e. The Bertz CT molecular complexity index is 777. The van der Waals surface area contributed by atoms with E-state index in [-0.39, 0.29) is 36.5 Å². The summed E-state index contributed by atoms with van der Waals surface area (Å²) in [6.45, 7) is 9.47. The Labute approximate surface area is 177 Å². The molecule has 0 heterocycles. The quantitative estimate of drug-likeness (QED) is 0.396. The average Bonchev–Trinajstić information content (AvgIpc) is 2.68. The predicted molar refractivity (Wildman–Crippen MR) is 114 cm³/mol. The monoisotopic (exact) mass is 420 g/mol. The molecule has 0 saturated heterocycles. The minimum atomic E-state index is -0.708. The van der Waals surface area contributed by atoms with E-state index < -0.39 is 23.8 Å². The zero-order valence-corrected chi connectivity index (χ0v) is 18.2. The lowest BCUT2D eigenvalue weighted by atomic mass is 10.0. The molecule has 0 radical (unpaired) electrons. The molecule has 9 heteroatoms. The van der Waals surface area contributed by atoms with E-state index in [0.717, 1.165) is 0 Å². The zero-order valence-electron chi connectivity index (χ0n) is 18.2. The standard InChI is InChI=1S/C21H32N4O5/c1-6-23-18(12(2)3)20(28)24-10-17(26)25-15-8-7-14(16(9-15)19(22)27)11-30-21(29)13(4)5/h7-9,12-13,18,23H,6,10-11H2,1-5H3,(H2,22,27)(H,24,28)(H,25,26). The third-order valence-electron chi connectivity index (χ3n) is 4.30. The minimum absolute atomic E-state index is 0.0727. The molecular weight excluding hydrogens is 388 g/mol. The topological polar surface area (TPSA) is 140 Å². The van der Waals surface area contributed by atoms with Gasteiger partial charge in [0.25, 0.3) is 0 Å². The van der Waals surface area contributed by atoms with Gasteiger partial charge in [-0.25, -0.2) is 0 Å². The molecule has 0 aliphatic rings. The van der Waals surface area contributed by atoms with E-state index in [9.17, 15) is 19.2 Å². The van der Waals surface area contributed by atoms with Crippen LogP contribution >= 0.6 is 0 Å². The number of carbonyl (C=O) groups is 4. The molecule has 3 amide bonds.